The van der Waals surface area contributed by atoms with E-state index in [-0.39, 0.29) is 48.3 Å². The summed E-state index contributed by atoms with van der Waals surface area (Å²) < 4.78 is 25.4. The van der Waals surface area contributed by atoms with Gasteiger partial charge in [-0.2, -0.15) is 0 Å². The number of nitrogens with zero attached hydrogens (tertiary/aromatic N) is 4. The van der Waals surface area contributed by atoms with Crippen molar-refractivity contribution in [2.24, 2.45) is 5.92 Å². The molecule has 0 bridgehead atoms. The number of carbonyl (C=O) groups is 3. The third-order valence-corrected chi connectivity index (χ3v) is 18.7. The van der Waals surface area contributed by atoms with Crippen molar-refractivity contribution in [3.8, 4) is 17.2 Å². The minimum atomic E-state index is -2.54. The fraction of sp³-hybridized carbons (Fsp3) is 0.268. The number of anilines is 3. The van der Waals surface area contributed by atoms with Crippen molar-refractivity contribution in [1.82, 2.24) is 15.0 Å². The van der Waals surface area contributed by atoms with Crippen LogP contribution in [0.1, 0.15) is 62.4 Å². The van der Waals surface area contributed by atoms with Gasteiger partial charge in [-0.3, -0.25) is 19.1 Å². The average molecular weight is 971 g/mol. The summed E-state index contributed by atoms with van der Waals surface area (Å²) >= 11 is 0. The Labute approximate surface area is 414 Å². The molecule has 9 rings (SSSR count). The molecule has 3 amide bonds. The largest absolute Gasteiger partial charge is 0.497 e. The molecule has 1 fully saturated rings. The highest BCUT2D eigenvalue weighted by molar-refractivity contribution is 6.91. The van der Waals surface area contributed by atoms with Crippen LogP contribution < -0.4 is 34.9 Å². The SMILES string of the molecule is COc1ccc(C(=O)Nc2ccc(CN3C(=O)[C@@]4(O[C@@H](CCn5cc(C(CO)c6ccccc6)nn5)[C@H]([Si](C)(C)c5ccc(OC)cc5)[C@H]4C)c4cc(NC(=O)c5ccc(OC)cc5)ccc43)cc2)cc1. The molecule has 1 spiro atoms. The maximum atomic E-state index is 15.8. The monoisotopic (exact) mass is 970 g/mol. The first kappa shape index (κ1) is 48.4. The number of benzene rings is 6. The van der Waals surface area contributed by atoms with Crippen LogP contribution in [0.3, 0.4) is 0 Å². The highest BCUT2D eigenvalue weighted by Gasteiger charge is 2.66. The third-order valence-electron chi connectivity index (χ3n) is 14.3. The molecule has 3 heterocycles. The Bertz CT molecular complexity index is 3000. The maximum absolute atomic E-state index is 15.8. The zero-order valence-electron chi connectivity index (χ0n) is 40.7. The van der Waals surface area contributed by atoms with Crippen molar-refractivity contribution in [2.75, 3.05) is 43.5 Å². The molecule has 2 aliphatic heterocycles. The van der Waals surface area contributed by atoms with E-state index in [0.717, 1.165) is 16.9 Å². The maximum Gasteiger partial charge on any atom is 0.264 e. The van der Waals surface area contributed by atoms with E-state index < -0.39 is 19.8 Å². The lowest BCUT2D eigenvalue weighted by molar-refractivity contribution is -0.146. The van der Waals surface area contributed by atoms with Gasteiger partial charge in [0, 0.05) is 46.7 Å². The number of amides is 3. The molecule has 1 saturated heterocycles. The molecule has 5 atom stereocenters. The predicted molar refractivity (Wildman–Crippen MR) is 276 cm³/mol. The summed E-state index contributed by atoms with van der Waals surface area (Å²) in [5.41, 5.74) is 4.34. The fourth-order valence-electron chi connectivity index (χ4n) is 10.5. The van der Waals surface area contributed by atoms with E-state index in [1.54, 1.807) is 79.4 Å². The molecule has 6 aromatic carbocycles. The zero-order chi connectivity index (χ0) is 49.9. The smallest absolute Gasteiger partial charge is 0.264 e. The number of hydrogen-bond donors (Lipinski definition) is 3. The lowest BCUT2D eigenvalue weighted by Crippen LogP contribution is -2.51. The van der Waals surface area contributed by atoms with Gasteiger partial charge in [0.15, 0.2) is 5.60 Å². The van der Waals surface area contributed by atoms with Crippen LogP contribution in [0.5, 0.6) is 17.2 Å². The Morgan fingerprint density at radius 2 is 1.32 bits per heavy atom. The van der Waals surface area contributed by atoms with Gasteiger partial charge in [0.1, 0.15) is 17.2 Å². The van der Waals surface area contributed by atoms with Crippen LogP contribution in [0.2, 0.25) is 18.6 Å². The van der Waals surface area contributed by atoms with Crippen LogP contribution in [0.25, 0.3) is 0 Å². The Balaban J connectivity index is 1.07. The van der Waals surface area contributed by atoms with Crippen molar-refractivity contribution in [3.05, 3.63) is 185 Å². The number of methoxy groups -OCH3 is 3. The van der Waals surface area contributed by atoms with Gasteiger partial charge in [-0.05, 0) is 114 Å². The van der Waals surface area contributed by atoms with Gasteiger partial charge in [-0.25, -0.2) is 0 Å². The van der Waals surface area contributed by atoms with Crippen LogP contribution >= 0.6 is 0 Å². The second-order valence-electron chi connectivity index (χ2n) is 18.7. The number of fused-ring (bicyclic) bond motifs is 2. The minimum Gasteiger partial charge on any atom is -0.497 e. The number of aryl methyl sites for hydroxylation is 1. The number of aliphatic hydroxyl groups is 1. The summed E-state index contributed by atoms with van der Waals surface area (Å²) in [4.78, 5) is 44.4. The summed E-state index contributed by atoms with van der Waals surface area (Å²) in [6, 6.07) is 44.8. The van der Waals surface area contributed by atoms with Crippen LogP contribution in [-0.2, 0) is 28.2 Å². The van der Waals surface area contributed by atoms with Gasteiger partial charge in [0.05, 0.1) is 66.0 Å². The molecule has 0 saturated carbocycles. The number of aliphatic hydroxyl groups excluding tert-OH is 1. The lowest BCUT2D eigenvalue weighted by Gasteiger charge is -2.37. The van der Waals surface area contributed by atoms with E-state index in [1.165, 1.54) is 5.19 Å². The fourth-order valence-corrected chi connectivity index (χ4v) is 14.5. The molecular weight excluding hydrogens is 913 g/mol. The topological polar surface area (TPSA) is 166 Å². The molecule has 0 aliphatic carbocycles. The molecule has 71 heavy (non-hydrogen) atoms. The predicted octanol–water partition coefficient (Wildman–Crippen LogP) is 8.79. The van der Waals surface area contributed by atoms with E-state index in [4.69, 9.17) is 18.9 Å². The molecule has 3 N–H and O–H groups in total. The third kappa shape index (κ3) is 9.55. The Morgan fingerprint density at radius 3 is 1.90 bits per heavy atom. The van der Waals surface area contributed by atoms with Crippen LogP contribution in [0, 0.1) is 5.92 Å². The van der Waals surface area contributed by atoms with E-state index in [0.29, 0.717) is 63.9 Å². The quantitative estimate of drug-likeness (QED) is 0.0751. The van der Waals surface area contributed by atoms with E-state index in [2.05, 4.69) is 53.1 Å². The molecule has 1 aromatic heterocycles. The standard InChI is InChI=1S/C56H58N6O8Si/c1-36-52(71(5,6)46-27-25-45(69-4)26-28-46)51(30-31-61-34-49(59-60-61)47(35-63)38-10-8-7-9-11-38)70-56(36)48-32-42(58-54(65)40-16-23-44(68-3)24-17-40)20-29-50(48)62(55(56)66)33-37-12-18-41(19-13-37)57-53(64)39-14-21-43(67-2)22-15-39/h7-29,32,34,36,47,51-52,63H,30-31,33,35H2,1-6H3,(H,57,64)(H,58,65)/t36-,47?,51+,52-,56+/m1/s1. The van der Waals surface area contributed by atoms with Crippen molar-refractivity contribution in [3.63, 3.8) is 0 Å². The summed E-state index contributed by atoms with van der Waals surface area (Å²) in [5.74, 6) is 0.613. The summed E-state index contributed by atoms with van der Waals surface area (Å²) in [6.07, 6.45) is 1.99. The normalized spacial score (nSPS) is 18.8. The molecule has 7 aromatic rings. The number of ether oxygens (including phenoxy) is 4. The first-order chi connectivity index (χ1) is 34.4. The van der Waals surface area contributed by atoms with E-state index in [1.807, 2.05) is 91.1 Å². The van der Waals surface area contributed by atoms with Crippen molar-refractivity contribution in [1.29, 1.82) is 0 Å². The summed E-state index contributed by atoms with van der Waals surface area (Å²) in [7, 11) is 2.27. The van der Waals surface area contributed by atoms with Crippen molar-refractivity contribution >= 4 is 48.0 Å². The molecule has 1 unspecified atom stereocenters. The Hall–Kier alpha value is -7.59. The molecular formula is C56H58N6O8Si. The summed E-state index contributed by atoms with van der Waals surface area (Å²) in [5, 5.41) is 26.7. The van der Waals surface area contributed by atoms with E-state index >= 15 is 4.79 Å². The Morgan fingerprint density at radius 1 is 0.761 bits per heavy atom. The van der Waals surface area contributed by atoms with E-state index in [9.17, 15) is 14.7 Å². The van der Waals surface area contributed by atoms with Crippen molar-refractivity contribution < 1.29 is 38.4 Å². The first-order valence-electron chi connectivity index (χ1n) is 23.7. The van der Waals surface area contributed by atoms with Gasteiger partial charge in [0.25, 0.3) is 17.7 Å². The molecule has 14 nitrogen and oxygen atoms in total. The highest BCUT2D eigenvalue weighted by atomic mass is 28.3. The number of carbonyl (C=O) groups excluding carboxylic acids is 3. The van der Waals surface area contributed by atoms with Crippen LogP contribution in [0.15, 0.2) is 152 Å². The zero-order valence-corrected chi connectivity index (χ0v) is 41.7. The van der Waals surface area contributed by atoms with Gasteiger partial charge < -0.3 is 39.6 Å². The first-order valence-corrected chi connectivity index (χ1v) is 26.8. The lowest BCUT2D eigenvalue weighted by atomic mass is 9.82. The van der Waals surface area contributed by atoms with Gasteiger partial charge in [-0.15, -0.1) is 5.10 Å². The van der Waals surface area contributed by atoms with Crippen molar-refractivity contribution in [2.45, 2.75) is 62.7 Å². The molecule has 2 aliphatic rings. The van der Waals surface area contributed by atoms with Gasteiger partial charge in [0.2, 0.25) is 0 Å². The van der Waals surface area contributed by atoms with Gasteiger partial charge in [-0.1, -0.05) is 85.0 Å². The summed E-state index contributed by atoms with van der Waals surface area (Å²) in [6.45, 7) is 7.35. The molecule has 15 heteroatoms. The second kappa shape index (κ2) is 20.4. The van der Waals surface area contributed by atoms with Crippen LogP contribution in [0.4, 0.5) is 17.1 Å². The number of nitrogens with one attached hydrogen (secondary N) is 2. The minimum absolute atomic E-state index is 0.0868. The number of rotatable bonds is 17. The number of hydrogen-bond acceptors (Lipinski definition) is 10. The number of aromatic nitrogens is 3. The molecule has 0 radical (unpaired) electrons. The Kier molecular flexibility index (Phi) is 13.9. The molecule has 364 valence electrons. The highest BCUT2D eigenvalue weighted by Crippen LogP contribution is 2.60. The van der Waals surface area contributed by atoms with Gasteiger partial charge >= 0.3 is 0 Å². The average Bonchev–Trinajstić information content (AvgIpc) is 4.06. The second-order valence-corrected chi connectivity index (χ2v) is 23.4. The van der Waals surface area contributed by atoms with Crippen LogP contribution in [-0.4, -0.2) is 79.9 Å².